The minimum absolute atomic E-state index is 0.236. The Morgan fingerprint density at radius 1 is 0.389 bits per heavy atom. The maximum Gasteiger partial charge on any atom is 0.220 e. The molecular weight excluding hydrogens is 1190 g/mol. The van der Waals surface area contributed by atoms with Crippen molar-refractivity contribution in [3.63, 3.8) is 0 Å². The van der Waals surface area contributed by atoms with Crippen LogP contribution in [-0.2, 0) is 23.7 Å². The standard InChI is InChI=1S/C81H143NO13/c1-3-5-7-9-11-13-15-17-19-21-23-25-26-27-28-29-30-31-32-33-34-35-36-37-38-39-40-41-42-43-44-45-47-49-51-53-55-57-59-61-63-65-73(86)82-69(70(85)64-62-60-58-56-54-52-50-48-46-24-22-20-18-16-14-12-10-8-6-4-2)68-92-80-78(91)76(89)79(72(67-84)94-80)95-81-77(90)75(88)74(87)71(66-83)93-81/h5,7,11,13,17,19,23,25,27-28,30-31,33-34,62,64,69-72,74-81,83-85,87-91H,3-4,6,8-10,12,14-16,18,20-22,24,26,29,32,35-61,63,65-68H2,1-2H3,(H,82,86)/b7-5-,13-11-,19-17-,25-23-,28-27-,31-30-,34-33-,64-62+. The van der Waals surface area contributed by atoms with Crippen LogP contribution in [0.25, 0.3) is 0 Å². The molecule has 0 aromatic heterocycles. The fourth-order valence-corrected chi connectivity index (χ4v) is 12.4. The van der Waals surface area contributed by atoms with E-state index in [0.29, 0.717) is 6.42 Å². The summed E-state index contributed by atoms with van der Waals surface area (Å²) >= 11 is 0. The first-order valence-electron chi connectivity index (χ1n) is 39.0. The van der Waals surface area contributed by atoms with E-state index in [1.54, 1.807) is 6.08 Å². The van der Waals surface area contributed by atoms with Crippen LogP contribution in [0, 0.1) is 0 Å². The molecular formula is C81H143NO13. The molecule has 0 aromatic rings. The van der Waals surface area contributed by atoms with Gasteiger partial charge in [0.05, 0.1) is 32.0 Å². The van der Waals surface area contributed by atoms with Crippen LogP contribution in [0.3, 0.4) is 0 Å². The molecule has 2 aliphatic rings. The van der Waals surface area contributed by atoms with E-state index in [1.165, 1.54) is 205 Å². The lowest BCUT2D eigenvalue weighted by Crippen LogP contribution is -2.65. The summed E-state index contributed by atoms with van der Waals surface area (Å²) < 4.78 is 22.9. The average molecular weight is 1340 g/mol. The van der Waals surface area contributed by atoms with Gasteiger partial charge in [-0.25, -0.2) is 0 Å². The number of carbonyl (C=O) groups excluding carboxylic acids is 1. The predicted molar refractivity (Wildman–Crippen MR) is 392 cm³/mol. The normalized spacial score (nSPS) is 22.9. The van der Waals surface area contributed by atoms with E-state index in [-0.39, 0.29) is 18.9 Å². The number of amides is 1. The van der Waals surface area contributed by atoms with E-state index >= 15 is 0 Å². The zero-order valence-electron chi connectivity index (χ0n) is 60.1. The zero-order chi connectivity index (χ0) is 68.7. The van der Waals surface area contributed by atoms with E-state index in [9.17, 15) is 45.6 Å². The fourth-order valence-electron chi connectivity index (χ4n) is 12.4. The quantitative estimate of drug-likeness (QED) is 0.0204. The molecule has 2 aliphatic heterocycles. The first-order valence-corrected chi connectivity index (χ1v) is 39.0. The topological polar surface area (TPSA) is 228 Å². The third-order valence-corrected chi connectivity index (χ3v) is 18.5. The molecule has 2 heterocycles. The van der Waals surface area contributed by atoms with E-state index in [0.717, 1.165) is 83.5 Å². The number of hydrogen-bond acceptors (Lipinski definition) is 13. The lowest BCUT2D eigenvalue weighted by molar-refractivity contribution is -0.359. The highest BCUT2D eigenvalue weighted by molar-refractivity contribution is 5.76. The molecule has 1 amide bonds. The molecule has 0 radical (unpaired) electrons. The monoisotopic (exact) mass is 1340 g/mol. The largest absolute Gasteiger partial charge is 0.394 e. The van der Waals surface area contributed by atoms with Crippen LogP contribution in [0.1, 0.15) is 316 Å². The van der Waals surface area contributed by atoms with Gasteiger partial charge in [-0.2, -0.15) is 0 Å². The van der Waals surface area contributed by atoms with E-state index in [1.807, 2.05) is 6.08 Å². The summed E-state index contributed by atoms with van der Waals surface area (Å²) in [5.41, 5.74) is 0. The first-order chi connectivity index (χ1) is 46.6. The van der Waals surface area contributed by atoms with Crippen LogP contribution in [0.2, 0.25) is 0 Å². The zero-order valence-corrected chi connectivity index (χ0v) is 60.1. The number of carbonyl (C=O) groups is 1. The number of aliphatic hydroxyl groups excluding tert-OH is 8. The van der Waals surface area contributed by atoms with Crippen molar-refractivity contribution < 1.29 is 64.6 Å². The van der Waals surface area contributed by atoms with Crippen LogP contribution in [-0.4, -0.2) is 140 Å². The van der Waals surface area contributed by atoms with Crippen LogP contribution in [0.5, 0.6) is 0 Å². The smallest absolute Gasteiger partial charge is 0.220 e. The van der Waals surface area contributed by atoms with Crippen molar-refractivity contribution in [1.29, 1.82) is 0 Å². The number of nitrogens with one attached hydrogen (secondary N) is 1. The van der Waals surface area contributed by atoms with E-state index < -0.39 is 86.8 Å². The van der Waals surface area contributed by atoms with E-state index in [2.05, 4.69) is 104 Å². The Labute approximate surface area is 579 Å². The third kappa shape index (κ3) is 47.6. The van der Waals surface area contributed by atoms with Gasteiger partial charge in [-0.05, 0) is 77.0 Å². The lowest BCUT2D eigenvalue weighted by atomic mass is 9.97. The summed E-state index contributed by atoms with van der Waals surface area (Å²) in [7, 11) is 0. The number of hydrogen-bond donors (Lipinski definition) is 9. The van der Waals surface area contributed by atoms with Crippen LogP contribution in [0.4, 0.5) is 0 Å². The molecule has 12 unspecified atom stereocenters. The van der Waals surface area contributed by atoms with Crippen molar-refractivity contribution >= 4 is 5.91 Å². The average Bonchev–Trinajstić information content (AvgIpc) is 0.897. The lowest BCUT2D eigenvalue weighted by Gasteiger charge is -2.46. The van der Waals surface area contributed by atoms with Gasteiger partial charge >= 0.3 is 0 Å². The summed E-state index contributed by atoms with van der Waals surface area (Å²) in [5, 5.41) is 87.6. The molecule has 9 N–H and O–H groups in total. The van der Waals surface area contributed by atoms with Gasteiger partial charge in [0.25, 0.3) is 0 Å². The molecule has 14 nitrogen and oxygen atoms in total. The fraction of sp³-hybridized carbons (Fsp3) is 0.790. The minimum atomic E-state index is -1.79. The molecule has 0 spiro atoms. The first kappa shape index (κ1) is 88.0. The van der Waals surface area contributed by atoms with Crippen LogP contribution >= 0.6 is 0 Å². The van der Waals surface area contributed by atoms with Crippen molar-refractivity contribution in [2.75, 3.05) is 19.8 Å². The Bertz CT molecular complexity index is 1970. The second-order valence-corrected chi connectivity index (χ2v) is 27.1. The second kappa shape index (κ2) is 64.3. The molecule has 2 fully saturated rings. The van der Waals surface area contributed by atoms with Gasteiger partial charge in [0.2, 0.25) is 5.91 Å². The number of aliphatic hydroxyl groups is 8. The predicted octanol–water partition coefficient (Wildman–Crippen LogP) is 17.3. The summed E-state index contributed by atoms with van der Waals surface area (Å²) in [6, 6.07) is -0.918. The summed E-state index contributed by atoms with van der Waals surface area (Å²) in [4.78, 5) is 13.4. The summed E-state index contributed by atoms with van der Waals surface area (Å²) in [6.07, 6.45) is 74.8. The highest BCUT2D eigenvalue weighted by Crippen LogP contribution is 2.30. The molecule has 14 heteroatoms. The Kier molecular flexibility index (Phi) is 59.6. The van der Waals surface area contributed by atoms with Crippen LogP contribution in [0.15, 0.2) is 97.2 Å². The van der Waals surface area contributed by atoms with Crippen molar-refractivity contribution in [3.05, 3.63) is 97.2 Å². The third-order valence-electron chi connectivity index (χ3n) is 18.5. The Hall–Kier alpha value is -3.09. The van der Waals surface area contributed by atoms with Crippen molar-refractivity contribution in [3.8, 4) is 0 Å². The highest BCUT2D eigenvalue weighted by atomic mass is 16.7. The molecule has 550 valence electrons. The Morgan fingerprint density at radius 3 is 1.12 bits per heavy atom. The van der Waals surface area contributed by atoms with Crippen molar-refractivity contribution in [1.82, 2.24) is 5.32 Å². The Balaban J connectivity index is 1.58. The molecule has 12 atom stereocenters. The minimum Gasteiger partial charge on any atom is -0.394 e. The van der Waals surface area contributed by atoms with Gasteiger partial charge in [-0.3, -0.25) is 4.79 Å². The Morgan fingerprint density at radius 2 is 0.726 bits per heavy atom. The van der Waals surface area contributed by atoms with Crippen molar-refractivity contribution in [2.45, 2.75) is 389 Å². The molecule has 0 aliphatic carbocycles. The maximum absolute atomic E-state index is 13.4. The number of ether oxygens (including phenoxy) is 4. The van der Waals surface area contributed by atoms with Gasteiger partial charge in [-0.1, -0.05) is 329 Å². The van der Waals surface area contributed by atoms with Gasteiger partial charge in [0.1, 0.15) is 48.8 Å². The highest BCUT2D eigenvalue weighted by Gasteiger charge is 2.51. The second-order valence-electron chi connectivity index (χ2n) is 27.1. The van der Waals surface area contributed by atoms with Crippen molar-refractivity contribution in [2.24, 2.45) is 0 Å². The molecule has 95 heavy (non-hydrogen) atoms. The molecule has 2 saturated heterocycles. The molecule has 2 rings (SSSR count). The number of allylic oxidation sites excluding steroid dienone is 15. The van der Waals surface area contributed by atoms with Crippen LogP contribution < -0.4 is 5.32 Å². The summed E-state index contributed by atoms with van der Waals surface area (Å²) in [5.74, 6) is -0.236. The van der Waals surface area contributed by atoms with Gasteiger partial charge in [0.15, 0.2) is 12.6 Å². The summed E-state index contributed by atoms with van der Waals surface area (Å²) in [6.45, 7) is 2.72. The molecule has 0 saturated carbocycles. The van der Waals surface area contributed by atoms with Gasteiger partial charge in [-0.15, -0.1) is 0 Å². The maximum atomic E-state index is 13.4. The number of unbranched alkanes of at least 4 members (excludes halogenated alkanes) is 37. The van der Waals surface area contributed by atoms with E-state index in [4.69, 9.17) is 18.9 Å². The van der Waals surface area contributed by atoms with Gasteiger partial charge < -0.3 is 65.1 Å². The van der Waals surface area contributed by atoms with Gasteiger partial charge in [0, 0.05) is 6.42 Å². The number of rotatable bonds is 64. The molecule has 0 bridgehead atoms. The molecule has 0 aromatic carbocycles. The SMILES string of the molecule is CC/C=C\C/C=C\C/C=C\C/C=C\C/C=C\C/C=C\C/C=C\CCCCCCCCCCCCCCCCCCCCCC(=O)NC(COC1OC(CO)C(OC2OC(CO)C(O)C(O)C2O)C(O)C1O)C(O)/C=C/CCCCCCCCCCCCCCCCCCCC.